The number of methoxy groups -OCH3 is 1. The molecule has 1 unspecified atom stereocenters. The largest absolute Gasteiger partial charge is 0.507 e. The van der Waals surface area contributed by atoms with Crippen LogP contribution in [0.3, 0.4) is 0 Å². The molecule has 0 bridgehead atoms. The zero-order valence-corrected chi connectivity index (χ0v) is 20.2. The standard InChI is InChI=1S/C28H28N2O5/c1-5-35-22-15-9-18(10-16-22)25-24(26(31)19-7-6-8-23(17-19)34-4)27(32)28(33)30(25)21-13-11-20(12-14-21)29(2)3/h6-17,25,31H,5H2,1-4H3/b26-24+. The smallest absolute Gasteiger partial charge is 0.300 e. The molecule has 3 aromatic carbocycles. The third-order valence-electron chi connectivity index (χ3n) is 5.94. The van der Waals surface area contributed by atoms with E-state index in [-0.39, 0.29) is 11.3 Å². The van der Waals surface area contributed by atoms with Crippen molar-refractivity contribution < 1.29 is 24.2 Å². The van der Waals surface area contributed by atoms with Crippen molar-refractivity contribution in [2.45, 2.75) is 13.0 Å². The zero-order valence-electron chi connectivity index (χ0n) is 20.2. The Bertz CT molecular complexity index is 1260. The maximum atomic E-state index is 13.3. The van der Waals surface area contributed by atoms with Gasteiger partial charge in [-0.2, -0.15) is 0 Å². The van der Waals surface area contributed by atoms with Crippen molar-refractivity contribution in [1.29, 1.82) is 0 Å². The summed E-state index contributed by atoms with van der Waals surface area (Å²) in [7, 11) is 5.37. The van der Waals surface area contributed by atoms with Gasteiger partial charge < -0.3 is 19.5 Å². The molecule has 1 saturated heterocycles. The third kappa shape index (κ3) is 4.57. The molecule has 35 heavy (non-hydrogen) atoms. The Hall–Kier alpha value is -4.26. The molecule has 1 heterocycles. The number of nitrogens with zero attached hydrogens (tertiary/aromatic N) is 2. The summed E-state index contributed by atoms with van der Waals surface area (Å²) < 4.78 is 10.8. The lowest BCUT2D eigenvalue weighted by Crippen LogP contribution is -2.29. The van der Waals surface area contributed by atoms with Crippen LogP contribution < -0.4 is 19.3 Å². The van der Waals surface area contributed by atoms with Crippen LogP contribution in [-0.4, -0.2) is 44.6 Å². The summed E-state index contributed by atoms with van der Waals surface area (Å²) in [5.74, 6) is -0.503. The number of rotatable bonds is 7. The van der Waals surface area contributed by atoms with Gasteiger partial charge in [-0.05, 0) is 61.0 Å². The van der Waals surface area contributed by atoms with Gasteiger partial charge in [0, 0.05) is 31.0 Å². The minimum absolute atomic E-state index is 0.0177. The maximum absolute atomic E-state index is 13.3. The van der Waals surface area contributed by atoms with Crippen LogP contribution >= 0.6 is 0 Å². The van der Waals surface area contributed by atoms with Crippen molar-refractivity contribution in [3.05, 3.63) is 89.5 Å². The second kappa shape index (κ2) is 9.93. The van der Waals surface area contributed by atoms with E-state index in [1.807, 2.05) is 50.2 Å². The molecule has 0 radical (unpaired) electrons. The quantitative estimate of drug-likeness (QED) is 0.303. The second-order valence-electron chi connectivity index (χ2n) is 8.31. The highest BCUT2D eigenvalue weighted by molar-refractivity contribution is 6.51. The molecular weight excluding hydrogens is 444 g/mol. The Morgan fingerprint density at radius 2 is 1.66 bits per heavy atom. The minimum atomic E-state index is -0.818. The van der Waals surface area contributed by atoms with Crippen molar-refractivity contribution in [2.24, 2.45) is 0 Å². The van der Waals surface area contributed by atoms with Gasteiger partial charge in [0.1, 0.15) is 17.3 Å². The van der Waals surface area contributed by atoms with Gasteiger partial charge in [0.15, 0.2) is 0 Å². The number of carbonyl (C=O) groups excluding carboxylic acids is 2. The number of aliphatic hydroxyl groups is 1. The first-order valence-corrected chi connectivity index (χ1v) is 11.3. The van der Waals surface area contributed by atoms with Crippen molar-refractivity contribution in [2.75, 3.05) is 37.6 Å². The van der Waals surface area contributed by atoms with Gasteiger partial charge in [0.2, 0.25) is 0 Å². The molecule has 1 fully saturated rings. The topological polar surface area (TPSA) is 79.3 Å². The number of anilines is 2. The SMILES string of the molecule is CCOc1ccc(C2/C(=C(\O)c3cccc(OC)c3)C(=O)C(=O)N2c2ccc(N(C)C)cc2)cc1. The normalized spacial score (nSPS) is 16.9. The van der Waals surface area contributed by atoms with E-state index in [1.54, 1.807) is 48.5 Å². The molecule has 1 amide bonds. The van der Waals surface area contributed by atoms with Gasteiger partial charge in [-0.1, -0.05) is 24.3 Å². The van der Waals surface area contributed by atoms with Crippen LogP contribution in [-0.2, 0) is 9.59 Å². The number of ketones is 1. The summed E-state index contributed by atoms with van der Waals surface area (Å²) in [5, 5.41) is 11.3. The van der Waals surface area contributed by atoms with Gasteiger partial charge in [-0.25, -0.2) is 0 Å². The molecule has 7 heteroatoms. The first-order chi connectivity index (χ1) is 16.8. The van der Waals surface area contributed by atoms with Crippen LogP contribution in [0.4, 0.5) is 11.4 Å². The number of hydrogen-bond donors (Lipinski definition) is 1. The van der Waals surface area contributed by atoms with Gasteiger partial charge in [-0.15, -0.1) is 0 Å². The highest BCUT2D eigenvalue weighted by Gasteiger charge is 2.47. The fraction of sp³-hybridized carbons (Fsp3) is 0.214. The van der Waals surface area contributed by atoms with Gasteiger partial charge in [0.25, 0.3) is 11.7 Å². The van der Waals surface area contributed by atoms with Crippen LogP contribution in [0.25, 0.3) is 5.76 Å². The molecule has 4 rings (SSSR count). The molecule has 1 atom stereocenters. The van der Waals surface area contributed by atoms with Crippen LogP contribution in [0.15, 0.2) is 78.4 Å². The number of hydrogen-bond acceptors (Lipinski definition) is 6. The van der Waals surface area contributed by atoms with E-state index in [1.165, 1.54) is 12.0 Å². The van der Waals surface area contributed by atoms with E-state index in [4.69, 9.17) is 9.47 Å². The van der Waals surface area contributed by atoms with E-state index < -0.39 is 17.7 Å². The maximum Gasteiger partial charge on any atom is 0.300 e. The molecule has 1 aliphatic heterocycles. The predicted octanol–water partition coefficient (Wildman–Crippen LogP) is 4.79. The summed E-state index contributed by atoms with van der Waals surface area (Å²) in [4.78, 5) is 30.0. The predicted molar refractivity (Wildman–Crippen MR) is 136 cm³/mol. The average molecular weight is 473 g/mol. The molecule has 0 spiro atoms. The van der Waals surface area contributed by atoms with E-state index in [9.17, 15) is 14.7 Å². The number of ether oxygens (including phenoxy) is 2. The van der Waals surface area contributed by atoms with Crippen LogP contribution in [0.1, 0.15) is 24.1 Å². The van der Waals surface area contributed by atoms with Crippen LogP contribution in [0, 0.1) is 0 Å². The summed E-state index contributed by atoms with van der Waals surface area (Å²) in [6.45, 7) is 2.42. The van der Waals surface area contributed by atoms with E-state index in [2.05, 4.69) is 0 Å². The molecule has 0 aliphatic carbocycles. The monoisotopic (exact) mass is 472 g/mol. The molecular formula is C28H28N2O5. The first-order valence-electron chi connectivity index (χ1n) is 11.3. The van der Waals surface area contributed by atoms with Crippen molar-refractivity contribution in [1.82, 2.24) is 0 Å². The molecule has 3 aromatic rings. The Labute approximate surface area is 204 Å². The number of Topliss-reactive ketones (excluding diaryl/α,β-unsaturated/α-hetero) is 1. The van der Waals surface area contributed by atoms with E-state index in [0.717, 1.165) is 5.69 Å². The van der Waals surface area contributed by atoms with Gasteiger partial charge in [0.05, 0.1) is 25.3 Å². The Morgan fingerprint density at radius 1 is 0.971 bits per heavy atom. The number of aliphatic hydroxyl groups excluding tert-OH is 1. The van der Waals surface area contributed by atoms with Crippen molar-refractivity contribution in [3.8, 4) is 11.5 Å². The highest BCUT2D eigenvalue weighted by Crippen LogP contribution is 2.43. The summed E-state index contributed by atoms with van der Waals surface area (Å²) in [6, 6.07) is 20.5. The molecule has 0 saturated carbocycles. The fourth-order valence-corrected chi connectivity index (χ4v) is 4.16. The van der Waals surface area contributed by atoms with Gasteiger partial charge >= 0.3 is 0 Å². The summed E-state index contributed by atoms with van der Waals surface area (Å²) >= 11 is 0. The lowest BCUT2D eigenvalue weighted by molar-refractivity contribution is -0.132. The molecule has 180 valence electrons. The number of amides is 1. The lowest BCUT2D eigenvalue weighted by Gasteiger charge is -2.26. The summed E-state index contributed by atoms with van der Waals surface area (Å²) in [6.07, 6.45) is 0. The molecule has 7 nitrogen and oxygen atoms in total. The third-order valence-corrected chi connectivity index (χ3v) is 5.94. The molecule has 1 N–H and O–H groups in total. The Balaban J connectivity index is 1.88. The zero-order chi connectivity index (χ0) is 25.1. The molecule has 0 aromatic heterocycles. The number of benzene rings is 3. The van der Waals surface area contributed by atoms with Crippen molar-refractivity contribution >= 4 is 28.8 Å². The summed E-state index contributed by atoms with van der Waals surface area (Å²) in [5.41, 5.74) is 2.60. The van der Waals surface area contributed by atoms with Gasteiger partial charge in [-0.3, -0.25) is 14.5 Å². The second-order valence-corrected chi connectivity index (χ2v) is 8.31. The molecule has 1 aliphatic rings. The Kier molecular flexibility index (Phi) is 6.78. The minimum Gasteiger partial charge on any atom is -0.507 e. The van der Waals surface area contributed by atoms with Crippen LogP contribution in [0.2, 0.25) is 0 Å². The first kappa shape index (κ1) is 23.9. The highest BCUT2D eigenvalue weighted by atomic mass is 16.5. The van der Waals surface area contributed by atoms with E-state index in [0.29, 0.717) is 34.9 Å². The fourth-order valence-electron chi connectivity index (χ4n) is 4.16. The van der Waals surface area contributed by atoms with Crippen LogP contribution in [0.5, 0.6) is 11.5 Å². The average Bonchev–Trinajstić information content (AvgIpc) is 3.14. The van der Waals surface area contributed by atoms with Crippen molar-refractivity contribution in [3.63, 3.8) is 0 Å². The Morgan fingerprint density at radius 3 is 2.26 bits per heavy atom. The lowest BCUT2D eigenvalue weighted by atomic mass is 9.95. The van der Waals surface area contributed by atoms with E-state index >= 15 is 0 Å². The number of carbonyl (C=O) groups is 2.